The topological polar surface area (TPSA) is 23.6 Å². The molecule has 1 aliphatic carbocycles. The lowest BCUT2D eigenvalue weighted by atomic mass is 9.78. The Labute approximate surface area is 123 Å². The first-order valence-electron chi connectivity index (χ1n) is 8.79. The summed E-state index contributed by atoms with van der Waals surface area (Å²) in [5, 5.41) is 0. The van der Waals surface area contributed by atoms with Crippen LogP contribution in [-0.4, -0.2) is 47.4 Å². The Morgan fingerprint density at radius 2 is 1.70 bits per heavy atom. The summed E-state index contributed by atoms with van der Waals surface area (Å²) in [4.78, 5) is 17.3. The van der Waals surface area contributed by atoms with E-state index in [0.29, 0.717) is 24.5 Å². The fraction of sp³-hybridized carbons (Fsp3) is 0.941. The lowest BCUT2D eigenvalue weighted by Gasteiger charge is -2.45. The van der Waals surface area contributed by atoms with Crippen LogP contribution in [0.4, 0.5) is 0 Å². The summed E-state index contributed by atoms with van der Waals surface area (Å²) in [7, 11) is 0. The fourth-order valence-electron chi connectivity index (χ4n) is 4.66. The molecule has 3 heteroatoms. The summed E-state index contributed by atoms with van der Waals surface area (Å²) in [5.41, 5.74) is 0. The molecule has 0 spiro atoms. The van der Waals surface area contributed by atoms with E-state index in [9.17, 15) is 4.79 Å². The van der Waals surface area contributed by atoms with E-state index < -0.39 is 0 Å². The van der Waals surface area contributed by atoms with Gasteiger partial charge >= 0.3 is 0 Å². The predicted octanol–water partition coefficient (Wildman–Crippen LogP) is 3.04. The Morgan fingerprint density at radius 3 is 2.55 bits per heavy atom. The van der Waals surface area contributed by atoms with Crippen molar-refractivity contribution in [2.24, 2.45) is 5.92 Å². The van der Waals surface area contributed by atoms with E-state index in [2.05, 4.69) is 16.7 Å². The van der Waals surface area contributed by atoms with Crippen LogP contribution in [0.2, 0.25) is 0 Å². The van der Waals surface area contributed by atoms with Crippen LogP contribution in [0.25, 0.3) is 0 Å². The fourth-order valence-corrected chi connectivity index (χ4v) is 4.66. The van der Waals surface area contributed by atoms with Crippen LogP contribution < -0.4 is 0 Å². The number of amides is 1. The molecule has 3 rings (SSSR count). The van der Waals surface area contributed by atoms with Gasteiger partial charge < -0.3 is 4.90 Å². The van der Waals surface area contributed by atoms with Crippen molar-refractivity contribution in [1.82, 2.24) is 9.80 Å². The highest BCUT2D eigenvalue weighted by molar-refractivity contribution is 5.78. The number of likely N-dealkylation sites (tertiary alicyclic amines) is 2. The number of hydrogen-bond acceptors (Lipinski definition) is 2. The summed E-state index contributed by atoms with van der Waals surface area (Å²) < 4.78 is 0. The second kappa shape index (κ2) is 6.46. The lowest BCUT2D eigenvalue weighted by Crippen LogP contribution is -2.53. The largest absolute Gasteiger partial charge is 0.339 e. The first-order chi connectivity index (χ1) is 9.75. The minimum absolute atomic E-state index is 0.392. The van der Waals surface area contributed by atoms with Gasteiger partial charge in [0, 0.05) is 18.6 Å². The molecule has 0 bridgehead atoms. The zero-order valence-corrected chi connectivity index (χ0v) is 13.0. The molecule has 1 saturated carbocycles. The molecule has 3 fully saturated rings. The number of hydrogen-bond donors (Lipinski definition) is 0. The van der Waals surface area contributed by atoms with Crippen molar-refractivity contribution in [1.29, 1.82) is 0 Å². The monoisotopic (exact) mass is 278 g/mol. The van der Waals surface area contributed by atoms with Crippen molar-refractivity contribution in [2.75, 3.05) is 19.6 Å². The van der Waals surface area contributed by atoms with Crippen LogP contribution in [0, 0.1) is 5.92 Å². The van der Waals surface area contributed by atoms with Crippen molar-refractivity contribution < 1.29 is 4.79 Å². The Bertz CT molecular complexity index is 342. The molecule has 114 valence electrons. The highest BCUT2D eigenvalue weighted by Gasteiger charge is 2.35. The first kappa shape index (κ1) is 14.4. The van der Waals surface area contributed by atoms with Crippen LogP contribution in [0.1, 0.15) is 64.7 Å². The van der Waals surface area contributed by atoms with Crippen molar-refractivity contribution in [2.45, 2.75) is 76.8 Å². The summed E-state index contributed by atoms with van der Waals surface area (Å²) in [6.07, 6.45) is 11.9. The molecule has 3 aliphatic rings. The zero-order chi connectivity index (χ0) is 13.9. The van der Waals surface area contributed by atoms with Crippen LogP contribution in [0.5, 0.6) is 0 Å². The molecule has 1 amide bonds. The Morgan fingerprint density at radius 1 is 0.950 bits per heavy atom. The molecule has 0 aromatic carbocycles. The molecule has 3 unspecified atom stereocenters. The maximum absolute atomic E-state index is 12.6. The number of carbonyl (C=O) groups is 1. The number of piperidine rings is 2. The highest BCUT2D eigenvalue weighted by atomic mass is 16.2. The maximum atomic E-state index is 12.6. The van der Waals surface area contributed by atoms with E-state index in [1.807, 2.05) is 0 Å². The van der Waals surface area contributed by atoms with E-state index >= 15 is 0 Å². The van der Waals surface area contributed by atoms with Gasteiger partial charge in [0.1, 0.15) is 0 Å². The second-order valence-electron chi connectivity index (χ2n) is 7.16. The van der Waals surface area contributed by atoms with Crippen LogP contribution in [-0.2, 0) is 4.79 Å². The van der Waals surface area contributed by atoms with Crippen molar-refractivity contribution in [3.8, 4) is 0 Å². The molecule has 0 aromatic heterocycles. The molecule has 0 aromatic rings. The van der Waals surface area contributed by atoms with Crippen molar-refractivity contribution >= 4 is 5.91 Å². The van der Waals surface area contributed by atoms with Gasteiger partial charge in [-0.05, 0) is 64.3 Å². The molecule has 20 heavy (non-hydrogen) atoms. The Balaban J connectivity index is 1.59. The average molecular weight is 278 g/mol. The van der Waals surface area contributed by atoms with Gasteiger partial charge in [-0.25, -0.2) is 0 Å². The van der Waals surface area contributed by atoms with Gasteiger partial charge in [-0.2, -0.15) is 0 Å². The SMILES string of the molecule is CC1CCCCN1C(=O)CN1CCCC2CCCCC21. The standard InChI is InChI=1S/C17H30N2O/c1-14-7-4-5-12-19(14)17(20)13-18-11-6-9-15-8-2-3-10-16(15)18/h14-16H,2-13H2,1H3. The molecule has 2 saturated heterocycles. The third-order valence-corrected chi connectivity index (χ3v) is 5.82. The van der Waals surface area contributed by atoms with Gasteiger partial charge in [-0.3, -0.25) is 9.69 Å². The van der Waals surface area contributed by atoms with Gasteiger partial charge in [0.25, 0.3) is 0 Å². The molecule has 0 N–H and O–H groups in total. The quantitative estimate of drug-likeness (QED) is 0.775. The molecular formula is C17H30N2O. The summed E-state index contributed by atoms with van der Waals surface area (Å²) in [5.74, 6) is 1.27. The first-order valence-corrected chi connectivity index (χ1v) is 8.79. The summed E-state index contributed by atoms with van der Waals surface area (Å²) in [6, 6.07) is 1.17. The lowest BCUT2D eigenvalue weighted by molar-refractivity contribution is -0.137. The van der Waals surface area contributed by atoms with E-state index in [1.54, 1.807) is 0 Å². The molecule has 0 radical (unpaired) electrons. The number of carbonyl (C=O) groups excluding carboxylic acids is 1. The second-order valence-corrected chi connectivity index (χ2v) is 7.16. The number of rotatable bonds is 2. The van der Waals surface area contributed by atoms with E-state index in [4.69, 9.17) is 0 Å². The summed E-state index contributed by atoms with van der Waals surface area (Å²) >= 11 is 0. The molecular weight excluding hydrogens is 248 g/mol. The highest BCUT2D eigenvalue weighted by Crippen LogP contribution is 2.35. The van der Waals surface area contributed by atoms with Gasteiger partial charge in [0.15, 0.2) is 0 Å². The van der Waals surface area contributed by atoms with Crippen LogP contribution in [0.15, 0.2) is 0 Å². The van der Waals surface area contributed by atoms with Crippen molar-refractivity contribution in [3.63, 3.8) is 0 Å². The van der Waals surface area contributed by atoms with Crippen molar-refractivity contribution in [3.05, 3.63) is 0 Å². The third-order valence-electron chi connectivity index (χ3n) is 5.82. The maximum Gasteiger partial charge on any atom is 0.236 e. The molecule has 2 aliphatic heterocycles. The van der Waals surface area contributed by atoms with E-state index in [0.717, 1.165) is 19.0 Å². The summed E-state index contributed by atoms with van der Waals surface area (Å²) in [6.45, 7) is 5.04. The Kier molecular flexibility index (Phi) is 4.65. The predicted molar refractivity (Wildman–Crippen MR) is 81.6 cm³/mol. The van der Waals surface area contributed by atoms with Crippen LogP contribution >= 0.6 is 0 Å². The van der Waals surface area contributed by atoms with Gasteiger partial charge in [0.2, 0.25) is 5.91 Å². The van der Waals surface area contributed by atoms with Crippen LogP contribution in [0.3, 0.4) is 0 Å². The third kappa shape index (κ3) is 3.03. The van der Waals surface area contributed by atoms with E-state index in [-0.39, 0.29) is 0 Å². The van der Waals surface area contributed by atoms with E-state index in [1.165, 1.54) is 57.8 Å². The molecule has 3 atom stereocenters. The average Bonchev–Trinajstić information content (AvgIpc) is 2.48. The van der Waals surface area contributed by atoms with Gasteiger partial charge in [0.05, 0.1) is 6.54 Å². The number of nitrogens with zero attached hydrogens (tertiary/aromatic N) is 2. The smallest absolute Gasteiger partial charge is 0.236 e. The van der Waals surface area contributed by atoms with Gasteiger partial charge in [-0.15, -0.1) is 0 Å². The Hall–Kier alpha value is -0.570. The normalized spacial score (nSPS) is 35.6. The minimum Gasteiger partial charge on any atom is -0.339 e. The molecule has 3 nitrogen and oxygen atoms in total. The number of fused-ring (bicyclic) bond motifs is 1. The minimum atomic E-state index is 0.392. The van der Waals surface area contributed by atoms with Gasteiger partial charge in [-0.1, -0.05) is 12.8 Å². The zero-order valence-electron chi connectivity index (χ0n) is 13.0. The molecule has 2 heterocycles.